The van der Waals surface area contributed by atoms with E-state index < -0.39 is 27.0 Å². The van der Waals surface area contributed by atoms with Crippen LogP contribution < -0.4 is 9.47 Å². The first kappa shape index (κ1) is 22.1. The van der Waals surface area contributed by atoms with Crippen LogP contribution in [-0.2, 0) is 0 Å². The number of aryl methyl sites for hydroxylation is 1. The van der Waals surface area contributed by atoms with Crippen LogP contribution in [0.15, 0.2) is 22.7 Å². The molecule has 0 spiro atoms. The lowest BCUT2D eigenvalue weighted by atomic mass is 10.2. The summed E-state index contributed by atoms with van der Waals surface area (Å²) in [6, 6.07) is 4.01. The fourth-order valence-corrected chi connectivity index (χ4v) is 3.67. The molecule has 154 valence electrons. The summed E-state index contributed by atoms with van der Waals surface area (Å²) in [6.45, 7) is 1.70. The average Bonchev–Trinajstić information content (AvgIpc) is 3.01. The molecule has 1 aromatic heterocycles. The summed E-state index contributed by atoms with van der Waals surface area (Å²) in [5, 5.41) is 40.5. The third-order valence-electron chi connectivity index (χ3n) is 3.55. The van der Waals surface area contributed by atoms with E-state index in [1.54, 1.807) is 6.92 Å². The second kappa shape index (κ2) is 8.87. The van der Waals surface area contributed by atoms with E-state index in [0.29, 0.717) is 26.5 Å². The largest absolute Gasteiger partial charge is 0.504 e. The van der Waals surface area contributed by atoms with Gasteiger partial charge in [0.25, 0.3) is 5.69 Å². The van der Waals surface area contributed by atoms with Crippen molar-refractivity contribution in [3.8, 4) is 23.0 Å². The zero-order valence-corrected chi connectivity index (χ0v) is 17.6. The molecule has 0 saturated carbocycles. The van der Waals surface area contributed by atoms with Gasteiger partial charge in [-0.2, -0.15) is 0 Å². The molecular weight excluding hydrogens is 474 g/mol. The minimum Gasteiger partial charge on any atom is -0.504 e. The van der Waals surface area contributed by atoms with Crippen LogP contribution in [0.2, 0.25) is 0 Å². The SMILES string of the molecule is COc1cc(Br)c([N+](=O)[O-])cc1OC.Cc1nc2cc(O)c(O)c([N+](=O)[O-])c2s1. The van der Waals surface area contributed by atoms with Gasteiger partial charge in [-0.3, -0.25) is 20.2 Å². The molecule has 11 nitrogen and oxygen atoms in total. The molecule has 0 atom stereocenters. The summed E-state index contributed by atoms with van der Waals surface area (Å²) < 4.78 is 10.5. The van der Waals surface area contributed by atoms with Crippen LogP contribution in [0.4, 0.5) is 11.4 Å². The van der Waals surface area contributed by atoms with E-state index in [0.717, 1.165) is 11.3 Å². The summed E-state index contributed by atoms with van der Waals surface area (Å²) in [4.78, 5) is 24.1. The smallest absolute Gasteiger partial charge is 0.333 e. The van der Waals surface area contributed by atoms with Crippen LogP contribution >= 0.6 is 27.3 Å². The number of nitro groups is 2. The van der Waals surface area contributed by atoms with Gasteiger partial charge in [-0.15, -0.1) is 11.3 Å². The number of rotatable bonds is 4. The van der Waals surface area contributed by atoms with E-state index in [9.17, 15) is 30.4 Å². The number of hydrogen-bond acceptors (Lipinski definition) is 10. The van der Waals surface area contributed by atoms with E-state index in [4.69, 9.17) is 9.47 Å². The molecule has 1 heterocycles. The highest BCUT2D eigenvalue weighted by Gasteiger charge is 2.24. The monoisotopic (exact) mass is 487 g/mol. The highest BCUT2D eigenvalue weighted by molar-refractivity contribution is 9.10. The van der Waals surface area contributed by atoms with Gasteiger partial charge in [0.1, 0.15) is 4.70 Å². The number of halogens is 1. The predicted octanol–water partition coefficient (Wildman–Crippen LogP) is 4.30. The molecule has 0 aliphatic rings. The van der Waals surface area contributed by atoms with Gasteiger partial charge in [-0.1, -0.05) is 0 Å². The maximum absolute atomic E-state index is 10.7. The molecule has 13 heteroatoms. The normalized spacial score (nSPS) is 10.2. The topological polar surface area (TPSA) is 158 Å². The number of thiazole rings is 1. The number of aromatic hydroxyl groups is 2. The standard InChI is InChI=1S/C8H8BrNO4.C8H6N2O4S/c1-13-7-3-5(9)6(10(11)12)4-8(7)14-2;1-3-9-4-2-5(11)7(12)6(10(13)14)8(4)15-3/h3-4H,1-2H3;2,11-12H,1H3. The summed E-state index contributed by atoms with van der Waals surface area (Å²) in [5.41, 5.74) is -0.224. The van der Waals surface area contributed by atoms with E-state index in [1.807, 2.05) is 0 Å². The number of phenols is 2. The molecule has 3 aromatic rings. The molecule has 0 aliphatic heterocycles. The second-order valence-corrected chi connectivity index (χ2v) is 7.40. The number of methoxy groups -OCH3 is 2. The Balaban J connectivity index is 0.000000208. The van der Waals surface area contributed by atoms with Crippen molar-refractivity contribution >= 4 is 48.9 Å². The summed E-state index contributed by atoms with van der Waals surface area (Å²) in [7, 11) is 2.89. The van der Waals surface area contributed by atoms with Crippen molar-refractivity contribution in [2.24, 2.45) is 0 Å². The molecule has 3 rings (SSSR count). The highest BCUT2D eigenvalue weighted by atomic mass is 79.9. The molecule has 29 heavy (non-hydrogen) atoms. The van der Waals surface area contributed by atoms with Crippen LogP contribution in [0.5, 0.6) is 23.0 Å². The molecule has 2 N–H and O–H groups in total. The zero-order valence-electron chi connectivity index (χ0n) is 15.2. The third kappa shape index (κ3) is 4.63. The van der Waals surface area contributed by atoms with Crippen molar-refractivity contribution in [1.82, 2.24) is 4.98 Å². The molecule has 0 aliphatic carbocycles. The Morgan fingerprint density at radius 1 is 1.07 bits per heavy atom. The zero-order chi connectivity index (χ0) is 21.9. The van der Waals surface area contributed by atoms with Gasteiger partial charge in [-0.25, -0.2) is 4.98 Å². The van der Waals surface area contributed by atoms with Gasteiger partial charge in [-0.05, 0) is 22.9 Å². The first-order valence-electron chi connectivity index (χ1n) is 7.63. The van der Waals surface area contributed by atoms with Crippen molar-refractivity contribution in [3.63, 3.8) is 0 Å². The van der Waals surface area contributed by atoms with Crippen molar-refractivity contribution in [2.45, 2.75) is 6.92 Å². The van der Waals surface area contributed by atoms with Gasteiger partial charge in [0.05, 0.1) is 45.1 Å². The van der Waals surface area contributed by atoms with E-state index in [2.05, 4.69) is 20.9 Å². The minimum atomic E-state index is -0.727. The van der Waals surface area contributed by atoms with Crippen molar-refractivity contribution in [2.75, 3.05) is 14.2 Å². The Hall–Kier alpha value is -3.19. The first-order valence-corrected chi connectivity index (χ1v) is 9.24. The fourth-order valence-electron chi connectivity index (χ4n) is 2.29. The molecule has 0 bridgehead atoms. The second-order valence-electron chi connectivity index (χ2n) is 5.35. The molecule has 0 saturated heterocycles. The van der Waals surface area contributed by atoms with E-state index >= 15 is 0 Å². The number of ether oxygens (including phenoxy) is 2. The average molecular weight is 488 g/mol. The number of benzene rings is 2. The van der Waals surface area contributed by atoms with Crippen molar-refractivity contribution in [3.05, 3.63) is 47.9 Å². The van der Waals surface area contributed by atoms with E-state index in [1.165, 1.54) is 32.4 Å². The minimum absolute atomic E-state index is 0.0531. The number of nitrogens with zero attached hydrogens (tertiary/aromatic N) is 3. The molecule has 0 amide bonds. The first-order chi connectivity index (χ1) is 13.6. The van der Waals surface area contributed by atoms with Gasteiger partial charge < -0.3 is 19.7 Å². The van der Waals surface area contributed by atoms with Gasteiger partial charge in [0.15, 0.2) is 17.2 Å². The number of aromatic nitrogens is 1. The Labute approximate surface area is 175 Å². The van der Waals surface area contributed by atoms with Crippen molar-refractivity contribution in [1.29, 1.82) is 0 Å². The number of hydrogen-bond donors (Lipinski definition) is 2. The Bertz CT molecular complexity index is 1100. The lowest BCUT2D eigenvalue weighted by Crippen LogP contribution is -1.94. The lowest BCUT2D eigenvalue weighted by molar-refractivity contribution is -0.385. The van der Waals surface area contributed by atoms with Crippen molar-refractivity contribution < 1.29 is 29.5 Å². The van der Waals surface area contributed by atoms with Gasteiger partial charge in [0, 0.05) is 12.1 Å². The summed E-state index contributed by atoms with van der Waals surface area (Å²) in [5.74, 6) is -0.456. The Morgan fingerprint density at radius 3 is 2.17 bits per heavy atom. The van der Waals surface area contributed by atoms with Crippen LogP contribution in [0, 0.1) is 27.2 Å². The molecule has 2 aromatic carbocycles. The summed E-state index contributed by atoms with van der Waals surface area (Å²) >= 11 is 4.18. The van der Waals surface area contributed by atoms with Crippen LogP contribution in [0.1, 0.15) is 5.01 Å². The van der Waals surface area contributed by atoms with Gasteiger partial charge in [0.2, 0.25) is 5.75 Å². The quantitative estimate of drug-likeness (QED) is 0.310. The number of phenolic OH excluding ortho intramolecular Hbond substituents is 2. The van der Waals surface area contributed by atoms with E-state index in [-0.39, 0.29) is 10.4 Å². The van der Waals surface area contributed by atoms with Crippen LogP contribution in [0.25, 0.3) is 10.2 Å². The number of fused-ring (bicyclic) bond motifs is 1. The van der Waals surface area contributed by atoms with Crippen LogP contribution in [0.3, 0.4) is 0 Å². The highest BCUT2D eigenvalue weighted by Crippen LogP contribution is 2.43. The number of nitro benzene ring substituents is 2. The maximum atomic E-state index is 10.7. The van der Waals surface area contributed by atoms with Crippen LogP contribution in [-0.4, -0.2) is 39.3 Å². The lowest BCUT2D eigenvalue weighted by Gasteiger charge is -2.07. The maximum Gasteiger partial charge on any atom is 0.333 e. The Kier molecular flexibility index (Phi) is 6.76. The third-order valence-corrected chi connectivity index (χ3v) is 5.18. The Morgan fingerprint density at radius 2 is 1.66 bits per heavy atom. The summed E-state index contributed by atoms with van der Waals surface area (Å²) in [6.07, 6.45) is 0. The molecule has 0 fully saturated rings. The molecule has 0 unspecified atom stereocenters. The van der Waals surface area contributed by atoms with Gasteiger partial charge >= 0.3 is 5.69 Å². The molecular formula is C16H14BrN3O8S. The molecule has 0 radical (unpaired) electrons. The fraction of sp³-hybridized carbons (Fsp3) is 0.188. The predicted molar refractivity (Wildman–Crippen MR) is 108 cm³/mol.